The number of alkyl halides is 3. The van der Waals surface area contributed by atoms with Crippen LogP contribution in [0.25, 0.3) is 0 Å². The second kappa shape index (κ2) is 5.40. The SMILES string of the molecule is Oc1ccc(SC(F)(F)F)cc1[C@@H]1CCCCN1. The van der Waals surface area contributed by atoms with Crippen molar-refractivity contribution in [2.24, 2.45) is 0 Å². The van der Waals surface area contributed by atoms with Gasteiger partial charge in [-0.2, -0.15) is 13.2 Å². The Morgan fingerprint density at radius 3 is 2.67 bits per heavy atom. The molecular weight excluding hydrogens is 263 g/mol. The van der Waals surface area contributed by atoms with Crippen LogP contribution in [-0.2, 0) is 0 Å². The maximum absolute atomic E-state index is 12.3. The van der Waals surface area contributed by atoms with E-state index in [1.807, 2.05) is 0 Å². The van der Waals surface area contributed by atoms with Crippen molar-refractivity contribution in [3.63, 3.8) is 0 Å². The van der Waals surface area contributed by atoms with Crippen LogP contribution in [0.5, 0.6) is 5.75 Å². The fourth-order valence-electron chi connectivity index (χ4n) is 2.13. The molecular formula is C12H14F3NOS. The van der Waals surface area contributed by atoms with Gasteiger partial charge in [0.15, 0.2) is 0 Å². The highest BCUT2D eigenvalue weighted by Crippen LogP contribution is 2.40. The zero-order valence-electron chi connectivity index (χ0n) is 9.63. The highest BCUT2D eigenvalue weighted by atomic mass is 32.2. The molecule has 0 spiro atoms. The molecule has 2 nitrogen and oxygen atoms in total. The Morgan fingerprint density at radius 1 is 1.28 bits per heavy atom. The van der Waals surface area contributed by atoms with Gasteiger partial charge in [-0.15, -0.1) is 0 Å². The molecule has 0 bridgehead atoms. The molecule has 2 rings (SSSR count). The van der Waals surface area contributed by atoms with Gasteiger partial charge in [0.1, 0.15) is 5.75 Å². The fraction of sp³-hybridized carbons (Fsp3) is 0.500. The Balaban J connectivity index is 2.20. The van der Waals surface area contributed by atoms with E-state index < -0.39 is 5.51 Å². The number of benzene rings is 1. The van der Waals surface area contributed by atoms with Gasteiger partial charge in [-0.1, -0.05) is 6.42 Å². The third-order valence-electron chi connectivity index (χ3n) is 2.92. The second-order valence-electron chi connectivity index (χ2n) is 4.27. The summed E-state index contributed by atoms with van der Waals surface area (Å²) in [5.74, 6) is 0.0564. The van der Waals surface area contributed by atoms with Crippen molar-refractivity contribution in [3.8, 4) is 5.75 Å². The molecule has 1 aromatic rings. The predicted octanol–water partition coefficient (Wildman–Crippen LogP) is 3.82. The summed E-state index contributed by atoms with van der Waals surface area (Å²) in [5.41, 5.74) is -3.74. The molecule has 0 radical (unpaired) electrons. The van der Waals surface area contributed by atoms with E-state index in [1.54, 1.807) is 0 Å². The van der Waals surface area contributed by atoms with Crippen LogP contribution in [-0.4, -0.2) is 17.2 Å². The minimum atomic E-state index is -4.30. The number of phenols is 1. The lowest BCUT2D eigenvalue weighted by atomic mass is 9.97. The molecule has 0 amide bonds. The van der Waals surface area contributed by atoms with Crippen LogP contribution in [0.1, 0.15) is 30.9 Å². The number of nitrogens with one attached hydrogen (secondary N) is 1. The molecule has 0 aromatic heterocycles. The molecule has 0 unspecified atom stereocenters. The van der Waals surface area contributed by atoms with Crippen LogP contribution in [0.2, 0.25) is 0 Å². The molecule has 0 aliphatic carbocycles. The first-order valence-corrected chi connectivity index (χ1v) is 6.59. The third kappa shape index (κ3) is 3.55. The molecule has 0 saturated carbocycles. The number of piperidine rings is 1. The Hall–Kier alpha value is -0.880. The number of hydrogen-bond acceptors (Lipinski definition) is 3. The van der Waals surface area contributed by atoms with Crippen LogP contribution in [0.15, 0.2) is 23.1 Å². The first-order chi connectivity index (χ1) is 8.46. The molecule has 2 N–H and O–H groups in total. The Kier molecular flexibility index (Phi) is 4.07. The van der Waals surface area contributed by atoms with Gasteiger partial charge in [-0.3, -0.25) is 0 Å². The summed E-state index contributed by atoms with van der Waals surface area (Å²) in [6, 6.07) is 4.00. The van der Waals surface area contributed by atoms with Gasteiger partial charge in [-0.25, -0.2) is 0 Å². The molecule has 1 atom stereocenters. The van der Waals surface area contributed by atoms with Gasteiger partial charge in [-0.05, 0) is 49.3 Å². The van der Waals surface area contributed by atoms with E-state index in [2.05, 4.69) is 5.32 Å². The first kappa shape index (κ1) is 13.5. The Morgan fingerprint density at radius 2 is 2.06 bits per heavy atom. The largest absolute Gasteiger partial charge is 0.508 e. The molecule has 1 heterocycles. The molecule has 1 saturated heterocycles. The van der Waals surface area contributed by atoms with E-state index in [0.29, 0.717) is 5.56 Å². The maximum atomic E-state index is 12.3. The molecule has 1 fully saturated rings. The first-order valence-electron chi connectivity index (χ1n) is 5.78. The minimum Gasteiger partial charge on any atom is -0.508 e. The average molecular weight is 277 g/mol. The zero-order chi connectivity index (χ0) is 13.2. The quantitative estimate of drug-likeness (QED) is 0.806. The number of halogens is 3. The van der Waals surface area contributed by atoms with E-state index in [4.69, 9.17) is 0 Å². The minimum absolute atomic E-state index is 0.0486. The van der Waals surface area contributed by atoms with Crippen molar-refractivity contribution in [2.75, 3.05) is 6.54 Å². The van der Waals surface area contributed by atoms with Gasteiger partial charge in [0.25, 0.3) is 0 Å². The maximum Gasteiger partial charge on any atom is 0.446 e. The normalized spacial score (nSPS) is 20.9. The van der Waals surface area contributed by atoms with Crippen molar-refractivity contribution in [3.05, 3.63) is 23.8 Å². The standard InChI is InChI=1S/C12H14F3NOS/c13-12(14,15)18-8-4-5-11(17)9(7-8)10-3-1-2-6-16-10/h4-5,7,10,16-17H,1-3,6H2/t10-/m0/s1. The lowest BCUT2D eigenvalue weighted by Gasteiger charge is -2.25. The molecule has 100 valence electrons. The van der Waals surface area contributed by atoms with Crippen LogP contribution in [0.4, 0.5) is 13.2 Å². The molecule has 1 aliphatic rings. The number of phenolic OH excluding ortho intramolecular Hbond substituents is 1. The van der Waals surface area contributed by atoms with Gasteiger partial charge in [0.05, 0.1) is 0 Å². The molecule has 1 aliphatic heterocycles. The number of aromatic hydroxyl groups is 1. The topological polar surface area (TPSA) is 32.3 Å². The van der Waals surface area contributed by atoms with Crippen LogP contribution in [0.3, 0.4) is 0 Å². The summed E-state index contributed by atoms with van der Waals surface area (Å²) in [5, 5.41) is 13.0. The number of thioether (sulfide) groups is 1. The smallest absolute Gasteiger partial charge is 0.446 e. The average Bonchev–Trinajstić information content (AvgIpc) is 2.31. The van der Waals surface area contributed by atoms with Gasteiger partial charge in [0, 0.05) is 16.5 Å². The van der Waals surface area contributed by atoms with Gasteiger partial charge in [0.2, 0.25) is 0 Å². The van der Waals surface area contributed by atoms with Crippen molar-refractivity contribution in [1.82, 2.24) is 5.32 Å². The monoisotopic (exact) mass is 277 g/mol. The fourth-order valence-corrected chi connectivity index (χ4v) is 2.72. The van der Waals surface area contributed by atoms with E-state index in [9.17, 15) is 18.3 Å². The van der Waals surface area contributed by atoms with Gasteiger partial charge < -0.3 is 10.4 Å². The highest BCUT2D eigenvalue weighted by molar-refractivity contribution is 8.00. The summed E-state index contributed by atoms with van der Waals surface area (Å²) in [6.45, 7) is 0.834. The van der Waals surface area contributed by atoms with Crippen molar-refractivity contribution in [2.45, 2.75) is 35.7 Å². The second-order valence-corrected chi connectivity index (χ2v) is 5.41. The summed E-state index contributed by atoms with van der Waals surface area (Å²) in [4.78, 5) is 0.114. The van der Waals surface area contributed by atoms with E-state index in [0.717, 1.165) is 25.8 Å². The van der Waals surface area contributed by atoms with Crippen molar-refractivity contribution < 1.29 is 18.3 Å². The van der Waals surface area contributed by atoms with E-state index >= 15 is 0 Å². The Labute approximate surface area is 108 Å². The third-order valence-corrected chi connectivity index (χ3v) is 3.64. The lowest BCUT2D eigenvalue weighted by molar-refractivity contribution is -0.0328. The summed E-state index contributed by atoms with van der Waals surface area (Å²) in [6.07, 6.45) is 2.93. The van der Waals surface area contributed by atoms with E-state index in [-0.39, 0.29) is 28.4 Å². The van der Waals surface area contributed by atoms with E-state index in [1.165, 1.54) is 18.2 Å². The molecule has 18 heavy (non-hydrogen) atoms. The number of rotatable bonds is 2. The van der Waals surface area contributed by atoms with Crippen LogP contribution in [0, 0.1) is 0 Å². The van der Waals surface area contributed by atoms with Crippen LogP contribution >= 0.6 is 11.8 Å². The Bertz CT molecular complexity index is 416. The molecule has 6 heteroatoms. The van der Waals surface area contributed by atoms with Crippen molar-refractivity contribution >= 4 is 11.8 Å². The predicted molar refractivity (Wildman–Crippen MR) is 64.6 cm³/mol. The summed E-state index contributed by atoms with van der Waals surface area (Å²) >= 11 is -0.151. The van der Waals surface area contributed by atoms with Crippen LogP contribution < -0.4 is 5.32 Å². The molecule has 1 aromatic carbocycles. The lowest BCUT2D eigenvalue weighted by Crippen LogP contribution is -2.26. The highest BCUT2D eigenvalue weighted by Gasteiger charge is 2.30. The van der Waals surface area contributed by atoms with Gasteiger partial charge >= 0.3 is 5.51 Å². The summed E-state index contributed by atoms with van der Waals surface area (Å²) < 4.78 is 36.9. The number of hydrogen-bond donors (Lipinski definition) is 2. The zero-order valence-corrected chi connectivity index (χ0v) is 10.4. The van der Waals surface area contributed by atoms with Crippen molar-refractivity contribution in [1.29, 1.82) is 0 Å². The summed E-state index contributed by atoms with van der Waals surface area (Å²) in [7, 11) is 0.